The van der Waals surface area contributed by atoms with Gasteiger partial charge in [0.2, 0.25) is 5.91 Å². The molecule has 0 aliphatic heterocycles. The van der Waals surface area contributed by atoms with Crippen LogP contribution in [0.3, 0.4) is 0 Å². The van der Waals surface area contributed by atoms with Crippen molar-refractivity contribution in [1.82, 2.24) is 10.8 Å². The lowest BCUT2D eigenvalue weighted by Crippen LogP contribution is -2.41. The van der Waals surface area contributed by atoms with Crippen LogP contribution in [0.4, 0.5) is 4.79 Å². The first kappa shape index (κ1) is 18.7. The largest absolute Gasteiger partial charge is 0.444 e. The Labute approximate surface area is 121 Å². The molecule has 0 heterocycles. The maximum absolute atomic E-state index is 11.5. The van der Waals surface area contributed by atoms with Crippen LogP contribution in [0.2, 0.25) is 0 Å². The number of amides is 2. The Balaban J connectivity index is 3.70. The van der Waals surface area contributed by atoms with E-state index < -0.39 is 11.7 Å². The molecule has 0 saturated heterocycles. The average Bonchev–Trinajstić information content (AvgIpc) is 2.26. The number of hydroxylamine groups is 1. The first-order valence-electron chi connectivity index (χ1n) is 7.14. The van der Waals surface area contributed by atoms with Crippen molar-refractivity contribution in [3.8, 4) is 0 Å². The number of hydrogen-bond donors (Lipinski definition) is 2. The number of nitrogens with one attached hydrogen (secondary N) is 2. The van der Waals surface area contributed by atoms with Gasteiger partial charge in [-0.15, -0.1) is 0 Å². The molecule has 2 N–H and O–H groups in total. The summed E-state index contributed by atoms with van der Waals surface area (Å²) >= 11 is 0. The number of rotatable bonds is 8. The molecule has 118 valence electrons. The van der Waals surface area contributed by atoms with Gasteiger partial charge >= 0.3 is 6.09 Å². The van der Waals surface area contributed by atoms with Crippen LogP contribution in [-0.4, -0.2) is 30.3 Å². The minimum atomic E-state index is -0.530. The van der Waals surface area contributed by atoms with Crippen LogP contribution < -0.4 is 10.8 Å². The van der Waals surface area contributed by atoms with E-state index in [1.165, 1.54) is 0 Å². The predicted molar refractivity (Wildman–Crippen MR) is 77.1 cm³/mol. The molecular weight excluding hydrogens is 260 g/mol. The normalized spacial score (nSPS) is 12.7. The second kappa shape index (κ2) is 9.58. The van der Waals surface area contributed by atoms with Gasteiger partial charge in [-0.25, -0.2) is 10.3 Å². The van der Waals surface area contributed by atoms with Crippen LogP contribution in [0.1, 0.15) is 60.3 Å². The molecule has 6 nitrogen and oxygen atoms in total. The zero-order chi connectivity index (χ0) is 15.6. The maximum Gasteiger partial charge on any atom is 0.407 e. The number of carbonyl (C=O) groups is 2. The SMILES string of the molecule is CCCCCC(=O)NOCC(C)NC(=O)OC(C)(C)C. The summed E-state index contributed by atoms with van der Waals surface area (Å²) in [7, 11) is 0. The second-order valence-corrected chi connectivity index (χ2v) is 5.84. The first-order chi connectivity index (χ1) is 9.24. The van der Waals surface area contributed by atoms with Gasteiger partial charge < -0.3 is 10.1 Å². The first-order valence-corrected chi connectivity index (χ1v) is 7.14. The van der Waals surface area contributed by atoms with Crippen molar-refractivity contribution >= 4 is 12.0 Å². The monoisotopic (exact) mass is 288 g/mol. The summed E-state index contributed by atoms with van der Waals surface area (Å²) in [5.41, 5.74) is 1.83. The van der Waals surface area contributed by atoms with Gasteiger partial charge in [0.1, 0.15) is 5.60 Å². The summed E-state index contributed by atoms with van der Waals surface area (Å²) < 4.78 is 5.11. The van der Waals surface area contributed by atoms with E-state index in [2.05, 4.69) is 17.7 Å². The zero-order valence-electron chi connectivity index (χ0n) is 13.2. The van der Waals surface area contributed by atoms with Crippen molar-refractivity contribution in [2.45, 2.75) is 71.9 Å². The van der Waals surface area contributed by atoms with E-state index in [4.69, 9.17) is 9.57 Å². The highest BCUT2D eigenvalue weighted by Crippen LogP contribution is 2.06. The third-order valence-corrected chi connectivity index (χ3v) is 2.29. The van der Waals surface area contributed by atoms with Gasteiger partial charge in [-0.3, -0.25) is 9.63 Å². The van der Waals surface area contributed by atoms with E-state index in [0.717, 1.165) is 19.3 Å². The van der Waals surface area contributed by atoms with Crippen LogP contribution in [0.15, 0.2) is 0 Å². The molecule has 0 aromatic heterocycles. The van der Waals surface area contributed by atoms with E-state index in [1.807, 2.05) is 0 Å². The van der Waals surface area contributed by atoms with Crippen molar-refractivity contribution in [3.05, 3.63) is 0 Å². The van der Waals surface area contributed by atoms with Crippen molar-refractivity contribution in [3.63, 3.8) is 0 Å². The molecule has 0 spiro atoms. The summed E-state index contributed by atoms with van der Waals surface area (Å²) in [6.45, 7) is 9.43. The molecule has 2 amide bonds. The Kier molecular flexibility index (Phi) is 8.96. The average molecular weight is 288 g/mol. The van der Waals surface area contributed by atoms with E-state index >= 15 is 0 Å². The third kappa shape index (κ3) is 11.8. The molecule has 6 heteroatoms. The van der Waals surface area contributed by atoms with Crippen LogP contribution in [-0.2, 0) is 14.4 Å². The zero-order valence-corrected chi connectivity index (χ0v) is 13.2. The van der Waals surface area contributed by atoms with Gasteiger partial charge in [0.25, 0.3) is 0 Å². The molecule has 1 unspecified atom stereocenters. The highest BCUT2D eigenvalue weighted by Gasteiger charge is 2.17. The Morgan fingerprint density at radius 1 is 1.20 bits per heavy atom. The van der Waals surface area contributed by atoms with Crippen LogP contribution in [0, 0.1) is 0 Å². The Bertz CT molecular complexity index is 300. The molecule has 0 rings (SSSR count). The molecule has 0 aromatic rings. The molecule has 0 bridgehead atoms. The van der Waals surface area contributed by atoms with Crippen molar-refractivity contribution in [1.29, 1.82) is 0 Å². The summed E-state index contributed by atoms with van der Waals surface area (Å²) in [5, 5.41) is 2.63. The van der Waals surface area contributed by atoms with Gasteiger partial charge in [-0.2, -0.15) is 0 Å². The van der Waals surface area contributed by atoms with Crippen LogP contribution in [0.25, 0.3) is 0 Å². The van der Waals surface area contributed by atoms with Crippen molar-refractivity contribution in [2.24, 2.45) is 0 Å². The summed E-state index contributed by atoms with van der Waals surface area (Å²) in [5.74, 6) is -0.136. The second-order valence-electron chi connectivity index (χ2n) is 5.84. The van der Waals surface area contributed by atoms with E-state index in [-0.39, 0.29) is 18.6 Å². The molecule has 0 aliphatic rings. The minimum Gasteiger partial charge on any atom is -0.444 e. The predicted octanol–water partition coefficient (Wildman–Crippen LogP) is 2.53. The Hall–Kier alpha value is -1.30. The Morgan fingerprint density at radius 2 is 1.85 bits per heavy atom. The molecule has 0 fully saturated rings. The number of hydrogen-bond acceptors (Lipinski definition) is 4. The molecule has 1 atom stereocenters. The topological polar surface area (TPSA) is 76.7 Å². The highest BCUT2D eigenvalue weighted by atomic mass is 16.7. The lowest BCUT2D eigenvalue weighted by molar-refractivity contribution is -0.134. The van der Waals surface area contributed by atoms with Crippen LogP contribution in [0.5, 0.6) is 0 Å². The van der Waals surface area contributed by atoms with Gasteiger partial charge in [-0.1, -0.05) is 19.8 Å². The van der Waals surface area contributed by atoms with Gasteiger partial charge in [0.05, 0.1) is 12.6 Å². The maximum atomic E-state index is 11.5. The number of ether oxygens (including phenoxy) is 1. The molecular formula is C14H28N2O4. The van der Waals surface area contributed by atoms with E-state index in [0.29, 0.717) is 6.42 Å². The van der Waals surface area contributed by atoms with E-state index in [9.17, 15) is 9.59 Å². The number of unbranched alkanes of at least 4 members (excludes halogenated alkanes) is 2. The van der Waals surface area contributed by atoms with Gasteiger partial charge in [0, 0.05) is 6.42 Å². The fourth-order valence-electron chi connectivity index (χ4n) is 1.38. The Morgan fingerprint density at radius 3 is 2.40 bits per heavy atom. The third-order valence-electron chi connectivity index (χ3n) is 2.29. The fourth-order valence-corrected chi connectivity index (χ4v) is 1.38. The lowest BCUT2D eigenvalue weighted by atomic mass is 10.2. The summed E-state index contributed by atoms with van der Waals surface area (Å²) in [6.07, 6.45) is 2.93. The fraction of sp³-hybridized carbons (Fsp3) is 0.857. The number of carbonyl (C=O) groups excluding carboxylic acids is 2. The van der Waals surface area contributed by atoms with Crippen molar-refractivity contribution < 1.29 is 19.2 Å². The van der Waals surface area contributed by atoms with Crippen molar-refractivity contribution in [2.75, 3.05) is 6.61 Å². The molecule has 0 aliphatic carbocycles. The molecule has 0 radical (unpaired) electrons. The van der Waals surface area contributed by atoms with Crippen LogP contribution >= 0.6 is 0 Å². The minimum absolute atomic E-state index is 0.136. The lowest BCUT2D eigenvalue weighted by Gasteiger charge is -2.21. The van der Waals surface area contributed by atoms with Gasteiger partial charge in [-0.05, 0) is 34.1 Å². The quantitative estimate of drug-likeness (QED) is 0.531. The van der Waals surface area contributed by atoms with Gasteiger partial charge in [0.15, 0.2) is 0 Å². The molecule has 0 aromatic carbocycles. The summed E-state index contributed by atoms with van der Waals surface area (Å²) in [6, 6.07) is -0.249. The number of alkyl carbamates (subject to hydrolysis) is 1. The smallest absolute Gasteiger partial charge is 0.407 e. The standard InChI is InChI=1S/C14H28N2O4/c1-6-7-8-9-12(17)16-19-10-11(2)15-13(18)20-14(3,4)5/h11H,6-10H2,1-5H3,(H,15,18)(H,16,17). The highest BCUT2D eigenvalue weighted by molar-refractivity contribution is 5.74. The molecule has 20 heavy (non-hydrogen) atoms. The molecule has 0 saturated carbocycles. The summed E-state index contributed by atoms with van der Waals surface area (Å²) in [4.78, 5) is 27.9. The van der Waals surface area contributed by atoms with E-state index in [1.54, 1.807) is 27.7 Å².